The predicted molar refractivity (Wildman–Crippen MR) is 67.6 cm³/mol. The second-order valence-corrected chi connectivity index (χ2v) is 4.55. The van der Waals surface area contributed by atoms with E-state index >= 15 is 0 Å². The van der Waals surface area contributed by atoms with Crippen molar-refractivity contribution in [2.24, 2.45) is 0 Å². The number of rotatable bonds is 5. The summed E-state index contributed by atoms with van der Waals surface area (Å²) in [5.74, 6) is -0.814. The number of carbonyl (C=O) groups excluding carboxylic acids is 1. The van der Waals surface area contributed by atoms with Crippen LogP contribution >= 0.6 is 0 Å². The van der Waals surface area contributed by atoms with E-state index in [1.165, 1.54) is 6.07 Å². The van der Waals surface area contributed by atoms with Crippen LogP contribution in [0, 0.1) is 0 Å². The van der Waals surface area contributed by atoms with E-state index in [0.29, 0.717) is 0 Å². The van der Waals surface area contributed by atoms with Crippen LogP contribution in [0.4, 0.5) is 13.2 Å². The van der Waals surface area contributed by atoms with Crippen LogP contribution in [0.2, 0.25) is 0 Å². The molecule has 0 fully saturated rings. The van der Waals surface area contributed by atoms with Gasteiger partial charge < -0.3 is 9.47 Å². The van der Waals surface area contributed by atoms with E-state index in [0.717, 1.165) is 5.56 Å². The van der Waals surface area contributed by atoms with Gasteiger partial charge >= 0.3 is 12.3 Å². The number of ether oxygens (including phenoxy) is 2. The first kappa shape index (κ1) is 16.3. The number of carbonyl (C=O) groups is 1. The van der Waals surface area contributed by atoms with Gasteiger partial charge in [0.25, 0.3) is 0 Å². The lowest BCUT2D eigenvalue weighted by atomic mass is 9.99. The highest BCUT2D eigenvalue weighted by atomic mass is 19.4. The number of hydrogen-bond donors (Lipinski definition) is 0. The number of benzene rings is 1. The zero-order chi connectivity index (χ0) is 15.3. The lowest BCUT2D eigenvalue weighted by molar-refractivity contribution is -0.274. The Bertz CT molecular complexity index is 467. The molecule has 0 heterocycles. The average molecular weight is 290 g/mol. The van der Waals surface area contributed by atoms with E-state index in [9.17, 15) is 18.0 Å². The molecule has 1 rings (SSSR count). The minimum absolute atomic E-state index is 0.135. The molecule has 0 N–H and O–H groups in total. The highest BCUT2D eigenvalue weighted by Crippen LogP contribution is 2.29. The summed E-state index contributed by atoms with van der Waals surface area (Å²) >= 11 is 0. The topological polar surface area (TPSA) is 35.5 Å². The zero-order valence-electron chi connectivity index (χ0n) is 11.6. The maximum absolute atomic E-state index is 12.3. The SMILES string of the molecule is CCOC(=O)Cc1cc(C(C)C)ccc1OC(F)(F)F. The molecule has 0 aliphatic rings. The van der Waals surface area contributed by atoms with E-state index in [1.807, 2.05) is 13.8 Å². The molecule has 6 heteroatoms. The third-order valence-corrected chi connectivity index (χ3v) is 2.62. The molecule has 20 heavy (non-hydrogen) atoms. The molecule has 0 saturated carbocycles. The smallest absolute Gasteiger partial charge is 0.466 e. The van der Waals surface area contributed by atoms with Gasteiger partial charge in [0, 0.05) is 5.56 Å². The van der Waals surface area contributed by atoms with E-state index in [-0.39, 0.29) is 30.3 Å². The quantitative estimate of drug-likeness (QED) is 0.773. The monoisotopic (exact) mass is 290 g/mol. The van der Waals surface area contributed by atoms with Gasteiger partial charge in [0.2, 0.25) is 0 Å². The van der Waals surface area contributed by atoms with E-state index in [2.05, 4.69) is 4.74 Å². The summed E-state index contributed by atoms with van der Waals surface area (Å²) in [6.07, 6.45) is -5.04. The molecule has 0 aliphatic carbocycles. The first-order valence-electron chi connectivity index (χ1n) is 6.27. The highest BCUT2D eigenvalue weighted by molar-refractivity contribution is 5.73. The summed E-state index contributed by atoms with van der Waals surface area (Å²) in [5, 5.41) is 0. The van der Waals surface area contributed by atoms with Crippen molar-refractivity contribution >= 4 is 5.97 Å². The molecule has 0 saturated heterocycles. The van der Waals surface area contributed by atoms with Gasteiger partial charge in [0.05, 0.1) is 13.0 Å². The zero-order valence-corrected chi connectivity index (χ0v) is 11.6. The fraction of sp³-hybridized carbons (Fsp3) is 0.500. The van der Waals surface area contributed by atoms with Crippen LogP contribution in [0.1, 0.15) is 37.8 Å². The largest absolute Gasteiger partial charge is 0.573 e. The van der Waals surface area contributed by atoms with Crippen molar-refractivity contribution in [3.63, 3.8) is 0 Å². The molecule has 1 aromatic carbocycles. The molecule has 0 unspecified atom stereocenters. The number of halogens is 3. The van der Waals surface area contributed by atoms with Crippen LogP contribution in [0.5, 0.6) is 5.75 Å². The Labute approximate surface area is 115 Å². The van der Waals surface area contributed by atoms with Gasteiger partial charge in [-0.2, -0.15) is 0 Å². The standard InChI is InChI=1S/C14H17F3O3/c1-4-19-13(18)8-11-7-10(9(2)3)5-6-12(11)20-14(15,16)17/h5-7,9H,4,8H2,1-3H3. The van der Waals surface area contributed by atoms with Crippen molar-refractivity contribution in [2.45, 2.75) is 39.5 Å². The third-order valence-electron chi connectivity index (χ3n) is 2.62. The Morgan fingerprint density at radius 3 is 2.45 bits per heavy atom. The van der Waals surface area contributed by atoms with E-state index in [1.54, 1.807) is 19.1 Å². The van der Waals surface area contributed by atoms with Gasteiger partial charge in [-0.3, -0.25) is 4.79 Å². The van der Waals surface area contributed by atoms with Gasteiger partial charge in [-0.15, -0.1) is 13.2 Å². The molecular weight excluding hydrogens is 273 g/mol. The van der Waals surface area contributed by atoms with E-state index in [4.69, 9.17) is 4.74 Å². The van der Waals surface area contributed by atoms with Crippen LogP contribution in [-0.4, -0.2) is 18.9 Å². The molecule has 0 radical (unpaired) electrons. The summed E-state index contributed by atoms with van der Waals surface area (Å²) in [4.78, 5) is 11.5. The van der Waals surface area contributed by atoms with Crippen molar-refractivity contribution in [2.75, 3.05) is 6.61 Å². The summed E-state index contributed by atoms with van der Waals surface area (Å²) in [5.41, 5.74) is 1.01. The molecule has 112 valence electrons. The Morgan fingerprint density at radius 1 is 1.30 bits per heavy atom. The molecule has 0 spiro atoms. The van der Waals surface area contributed by atoms with Gasteiger partial charge in [-0.05, 0) is 24.5 Å². The fourth-order valence-corrected chi connectivity index (χ4v) is 1.69. The first-order chi connectivity index (χ1) is 9.23. The third kappa shape index (κ3) is 5.11. The molecule has 3 nitrogen and oxygen atoms in total. The molecule has 0 aromatic heterocycles. The minimum Gasteiger partial charge on any atom is -0.466 e. The number of hydrogen-bond acceptors (Lipinski definition) is 3. The summed E-state index contributed by atoms with van der Waals surface area (Å²) in [7, 11) is 0. The number of alkyl halides is 3. The highest BCUT2D eigenvalue weighted by Gasteiger charge is 2.32. The molecule has 0 amide bonds. The maximum Gasteiger partial charge on any atom is 0.573 e. The number of esters is 1. The Morgan fingerprint density at radius 2 is 1.95 bits per heavy atom. The van der Waals surface area contributed by atoms with Gasteiger partial charge in [-0.1, -0.05) is 26.0 Å². The second kappa shape index (κ2) is 6.63. The van der Waals surface area contributed by atoms with Crippen LogP contribution < -0.4 is 4.74 Å². The van der Waals surface area contributed by atoms with Crippen LogP contribution in [0.15, 0.2) is 18.2 Å². The molecule has 0 aliphatic heterocycles. The van der Waals surface area contributed by atoms with Crippen molar-refractivity contribution in [3.05, 3.63) is 29.3 Å². The van der Waals surface area contributed by atoms with Crippen molar-refractivity contribution in [1.29, 1.82) is 0 Å². The Kier molecular flexibility index (Phi) is 5.42. The minimum atomic E-state index is -4.79. The van der Waals surface area contributed by atoms with Crippen molar-refractivity contribution in [3.8, 4) is 5.75 Å². The lowest BCUT2D eigenvalue weighted by Gasteiger charge is -2.15. The first-order valence-corrected chi connectivity index (χ1v) is 6.27. The van der Waals surface area contributed by atoms with Gasteiger partial charge in [0.1, 0.15) is 5.75 Å². The van der Waals surface area contributed by atoms with Crippen molar-refractivity contribution < 1.29 is 27.4 Å². The molecule has 0 bridgehead atoms. The van der Waals surface area contributed by atoms with E-state index < -0.39 is 12.3 Å². The van der Waals surface area contributed by atoms with Crippen LogP contribution in [0.25, 0.3) is 0 Å². The summed E-state index contributed by atoms with van der Waals surface area (Å²) < 4.78 is 45.7. The lowest BCUT2D eigenvalue weighted by Crippen LogP contribution is -2.19. The van der Waals surface area contributed by atoms with Gasteiger partial charge in [-0.25, -0.2) is 0 Å². The molecule has 1 aromatic rings. The predicted octanol–water partition coefficient (Wildman–Crippen LogP) is 3.81. The molecular formula is C14H17F3O3. The van der Waals surface area contributed by atoms with Gasteiger partial charge in [0.15, 0.2) is 0 Å². The second-order valence-electron chi connectivity index (χ2n) is 4.55. The summed E-state index contributed by atoms with van der Waals surface area (Å²) in [6, 6.07) is 4.33. The summed E-state index contributed by atoms with van der Waals surface area (Å²) in [6.45, 7) is 5.63. The average Bonchev–Trinajstić information content (AvgIpc) is 2.29. The Hall–Kier alpha value is -1.72. The van der Waals surface area contributed by atoms with Crippen molar-refractivity contribution in [1.82, 2.24) is 0 Å². The fourth-order valence-electron chi connectivity index (χ4n) is 1.69. The van der Waals surface area contributed by atoms with Crippen LogP contribution in [0.3, 0.4) is 0 Å². The Balaban J connectivity index is 3.06. The van der Waals surface area contributed by atoms with Crippen LogP contribution in [-0.2, 0) is 16.0 Å². The molecule has 0 atom stereocenters. The normalized spacial score (nSPS) is 11.6. The maximum atomic E-state index is 12.3.